The molecule has 0 amide bonds. The molecule has 0 spiro atoms. The standard InChI is InChI=1S/C19H14Cl2O6/c1-10(26-16-5-2-12(20)7-15(16)21)19(24)25-9-11-6-18(23)27-17-8-13(22)3-4-14(11)17/h2-8,10,22H,9H2,1H3/t10-/m0/s1. The zero-order valence-corrected chi connectivity index (χ0v) is 15.6. The van der Waals surface area contributed by atoms with E-state index in [1.54, 1.807) is 18.2 Å². The molecule has 0 aliphatic heterocycles. The summed E-state index contributed by atoms with van der Waals surface area (Å²) in [6.45, 7) is 1.36. The maximum absolute atomic E-state index is 12.2. The second kappa shape index (κ2) is 7.90. The van der Waals surface area contributed by atoms with Gasteiger partial charge in [0.2, 0.25) is 0 Å². The predicted molar refractivity (Wildman–Crippen MR) is 100 cm³/mol. The van der Waals surface area contributed by atoms with Gasteiger partial charge in [-0.3, -0.25) is 0 Å². The molecule has 1 heterocycles. The first-order chi connectivity index (χ1) is 12.8. The van der Waals surface area contributed by atoms with Crippen LogP contribution in [0.25, 0.3) is 11.0 Å². The van der Waals surface area contributed by atoms with Gasteiger partial charge < -0.3 is 19.0 Å². The number of esters is 1. The molecule has 6 nitrogen and oxygen atoms in total. The van der Waals surface area contributed by atoms with Gasteiger partial charge in [-0.25, -0.2) is 9.59 Å². The number of phenols is 1. The highest BCUT2D eigenvalue weighted by molar-refractivity contribution is 6.35. The molecule has 2 aromatic carbocycles. The van der Waals surface area contributed by atoms with E-state index in [-0.39, 0.29) is 23.0 Å². The number of fused-ring (bicyclic) bond motifs is 1. The summed E-state index contributed by atoms with van der Waals surface area (Å²) in [6.07, 6.45) is -0.931. The van der Waals surface area contributed by atoms with Crippen molar-refractivity contribution in [3.63, 3.8) is 0 Å². The van der Waals surface area contributed by atoms with Gasteiger partial charge in [0.15, 0.2) is 6.10 Å². The molecule has 1 N–H and O–H groups in total. The summed E-state index contributed by atoms with van der Waals surface area (Å²) in [6, 6.07) is 10.2. The second-order valence-corrected chi connectivity index (χ2v) is 6.56. The number of phenolic OH excluding ortho intramolecular Hbond substituents is 1. The van der Waals surface area contributed by atoms with E-state index in [9.17, 15) is 14.7 Å². The summed E-state index contributed by atoms with van der Waals surface area (Å²) in [5, 5.41) is 10.8. The monoisotopic (exact) mass is 408 g/mol. The van der Waals surface area contributed by atoms with Crippen molar-refractivity contribution >= 4 is 40.1 Å². The van der Waals surface area contributed by atoms with Crippen molar-refractivity contribution in [2.45, 2.75) is 19.6 Å². The van der Waals surface area contributed by atoms with Crippen LogP contribution in [-0.2, 0) is 16.1 Å². The highest BCUT2D eigenvalue weighted by atomic mass is 35.5. The zero-order valence-electron chi connectivity index (χ0n) is 14.1. The average molecular weight is 409 g/mol. The lowest BCUT2D eigenvalue weighted by molar-refractivity contribution is -0.152. The van der Waals surface area contributed by atoms with E-state index in [4.69, 9.17) is 37.1 Å². The van der Waals surface area contributed by atoms with Crippen molar-refractivity contribution in [1.82, 2.24) is 0 Å². The summed E-state index contributed by atoms with van der Waals surface area (Å²) in [5.74, 6) is -0.380. The molecule has 3 rings (SSSR count). The number of hydrogen-bond donors (Lipinski definition) is 1. The first-order valence-electron chi connectivity index (χ1n) is 7.87. The van der Waals surface area contributed by atoms with Crippen LogP contribution in [0.15, 0.2) is 51.7 Å². The van der Waals surface area contributed by atoms with Gasteiger partial charge in [-0.2, -0.15) is 0 Å². The van der Waals surface area contributed by atoms with E-state index in [0.717, 1.165) is 0 Å². The Bertz CT molecular complexity index is 1060. The summed E-state index contributed by atoms with van der Waals surface area (Å²) >= 11 is 11.8. The van der Waals surface area contributed by atoms with Crippen LogP contribution in [0.5, 0.6) is 11.5 Å². The highest BCUT2D eigenvalue weighted by Crippen LogP contribution is 2.28. The minimum atomic E-state index is -0.931. The lowest BCUT2D eigenvalue weighted by atomic mass is 10.1. The van der Waals surface area contributed by atoms with Gasteiger partial charge in [-0.1, -0.05) is 23.2 Å². The van der Waals surface area contributed by atoms with Gasteiger partial charge in [0.1, 0.15) is 23.7 Å². The fraction of sp³-hybridized carbons (Fsp3) is 0.158. The maximum Gasteiger partial charge on any atom is 0.347 e. The Morgan fingerprint density at radius 3 is 2.70 bits per heavy atom. The van der Waals surface area contributed by atoms with Crippen molar-refractivity contribution in [2.24, 2.45) is 0 Å². The summed E-state index contributed by atoms with van der Waals surface area (Å²) in [5.41, 5.74) is 0.0357. The molecule has 0 radical (unpaired) electrons. The van der Waals surface area contributed by atoms with E-state index >= 15 is 0 Å². The Morgan fingerprint density at radius 2 is 1.96 bits per heavy atom. The number of aromatic hydroxyl groups is 1. The third kappa shape index (κ3) is 4.53. The van der Waals surface area contributed by atoms with Crippen LogP contribution < -0.4 is 10.4 Å². The van der Waals surface area contributed by atoms with E-state index in [1.165, 1.54) is 31.2 Å². The molecule has 1 aromatic heterocycles. The van der Waals surface area contributed by atoms with Crippen LogP contribution in [0.2, 0.25) is 10.0 Å². The largest absolute Gasteiger partial charge is 0.508 e. The maximum atomic E-state index is 12.2. The lowest BCUT2D eigenvalue weighted by Crippen LogP contribution is -2.26. The molecule has 0 aliphatic rings. The summed E-state index contributed by atoms with van der Waals surface area (Å²) < 4.78 is 15.8. The Labute approximate surface area is 163 Å². The second-order valence-electron chi connectivity index (χ2n) is 5.71. The number of carbonyl (C=O) groups is 1. The number of hydrogen-bond acceptors (Lipinski definition) is 6. The van der Waals surface area contributed by atoms with Crippen molar-refractivity contribution in [3.05, 3.63) is 68.5 Å². The molecule has 0 fully saturated rings. The summed E-state index contributed by atoms with van der Waals surface area (Å²) in [4.78, 5) is 23.9. The van der Waals surface area contributed by atoms with Crippen molar-refractivity contribution in [3.8, 4) is 11.5 Å². The van der Waals surface area contributed by atoms with Crippen LogP contribution in [0.1, 0.15) is 12.5 Å². The van der Waals surface area contributed by atoms with Gasteiger partial charge in [-0.05, 0) is 37.3 Å². The molecule has 3 aromatic rings. The number of rotatable bonds is 5. The molecule has 0 bridgehead atoms. The van der Waals surface area contributed by atoms with E-state index < -0.39 is 17.7 Å². The van der Waals surface area contributed by atoms with Gasteiger partial charge in [0.05, 0.1) is 5.02 Å². The number of halogens is 2. The Morgan fingerprint density at radius 1 is 1.19 bits per heavy atom. The first kappa shape index (κ1) is 19.1. The predicted octanol–water partition coefficient (Wildman–Crippen LogP) is 4.32. The van der Waals surface area contributed by atoms with Crippen LogP contribution >= 0.6 is 23.2 Å². The topological polar surface area (TPSA) is 86.0 Å². The van der Waals surface area contributed by atoms with Crippen molar-refractivity contribution < 1.29 is 23.8 Å². The van der Waals surface area contributed by atoms with Crippen LogP contribution in [-0.4, -0.2) is 17.2 Å². The lowest BCUT2D eigenvalue weighted by Gasteiger charge is -2.15. The van der Waals surface area contributed by atoms with E-state index in [0.29, 0.717) is 21.7 Å². The van der Waals surface area contributed by atoms with Crippen LogP contribution in [0, 0.1) is 0 Å². The Kier molecular flexibility index (Phi) is 5.58. The molecule has 0 saturated heterocycles. The smallest absolute Gasteiger partial charge is 0.347 e. The fourth-order valence-electron chi connectivity index (χ4n) is 2.41. The van der Waals surface area contributed by atoms with Gasteiger partial charge >= 0.3 is 11.6 Å². The Hall–Kier alpha value is -2.70. The van der Waals surface area contributed by atoms with Gasteiger partial charge in [0.25, 0.3) is 0 Å². The molecule has 27 heavy (non-hydrogen) atoms. The molecule has 8 heteroatoms. The van der Waals surface area contributed by atoms with Crippen molar-refractivity contribution in [2.75, 3.05) is 0 Å². The highest BCUT2D eigenvalue weighted by Gasteiger charge is 2.19. The molecule has 0 saturated carbocycles. The third-order valence-corrected chi connectivity index (χ3v) is 4.24. The van der Waals surface area contributed by atoms with Gasteiger partial charge in [0, 0.05) is 28.1 Å². The fourth-order valence-corrected chi connectivity index (χ4v) is 2.87. The van der Waals surface area contributed by atoms with E-state index in [2.05, 4.69) is 0 Å². The Balaban J connectivity index is 1.72. The molecular formula is C19H14Cl2O6. The quantitative estimate of drug-likeness (QED) is 0.499. The molecule has 0 unspecified atom stereocenters. The van der Waals surface area contributed by atoms with Crippen molar-refractivity contribution in [1.29, 1.82) is 0 Å². The SMILES string of the molecule is C[C@H](Oc1ccc(Cl)cc1Cl)C(=O)OCc1cc(=O)oc2cc(O)ccc12. The molecule has 0 aliphatic carbocycles. The number of ether oxygens (including phenoxy) is 2. The van der Waals surface area contributed by atoms with Crippen LogP contribution in [0.3, 0.4) is 0 Å². The minimum Gasteiger partial charge on any atom is -0.508 e. The summed E-state index contributed by atoms with van der Waals surface area (Å²) in [7, 11) is 0. The zero-order chi connectivity index (χ0) is 19.6. The average Bonchev–Trinajstić information content (AvgIpc) is 2.61. The van der Waals surface area contributed by atoms with Crippen LogP contribution in [0.4, 0.5) is 0 Å². The molecule has 140 valence electrons. The van der Waals surface area contributed by atoms with Gasteiger partial charge in [-0.15, -0.1) is 0 Å². The normalized spacial score (nSPS) is 12.0. The number of benzene rings is 2. The number of carbonyl (C=O) groups excluding carboxylic acids is 1. The van der Waals surface area contributed by atoms with E-state index in [1.807, 2.05) is 0 Å². The molecule has 1 atom stereocenters. The molecular weight excluding hydrogens is 395 g/mol. The third-order valence-electron chi connectivity index (χ3n) is 3.71. The first-order valence-corrected chi connectivity index (χ1v) is 8.63. The minimum absolute atomic E-state index is 0.0401.